The summed E-state index contributed by atoms with van der Waals surface area (Å²) in [6.45, 7) is 6.11. The Hall–Kier alpha value is -0.640. The first-order chi connectivity index (χ1) is 7.80. The molecular weight excluding hydrogens is 241 g/mol. The maximum atomic E-state index is 13.6. The molecule has 0 saturated carbocycles. The van der Waals surface area contributed by atoms with E-state index in [2.05, 4.69) is 5.32 Å². The zero-order valence-corrected chi connectivity index (χ0v) is 11.2. The lowest BCUT2D eigenvalue weighted by atomic mass is 9.96. The topological polar surface area (TPSA) is 32.3 Å². The molecule has 0 heterocycles. The van der Waals surface area contributed by atoms with Crippen LogP contribution in [0.2, 0.25) is 5.02 Å². The lowest BCUT2D eigenvalue weighted by Gasteiger charge is -2.25. The van der Waals surface area contributed by atoms with Crippen LogP contribution in [0.3, 0.4) is 0 Å². The highest BCUT2D eigenvalue weighted by Gasteiger charge is 2.22. The Morgan fingerprint density at radius 3 is 2.65 bits per heavy atom. The van der Waals surface area contributed by atoms with Gasteiger partial charge in [0.2, 0.25) is 0 Å². The smallest absolute Gasteiger partial charge is 0.127 e. The Kier molecular flexibility index (Phi) is 4.92. The summed E-state index contributed by atoms with van der Waals surface area (Å²) in [5.74, 6) is -0.373. The van der Waals surface area contributed by atoms with Crippen molar-refractivity contribution >= 4 is 11.6 Å². The van der Waals surface area contributed by atoms with Crippen LogP contribution in [0.25, 0.3) is 0 Å². The summed E-state index contributed by atoms with van der Waals surface area (Å²) >= 11 is 5.68. The van der Waals surface area contributed by atoms with E-state index in [-0.39, 0.29) is 18.3 Å². The van der Waals surface area contributed by atoms with Gasteiger partial charge in [-0.15, -0.1) is 0 Å². The van der Waals surface area contributed by atoms with E-state index >= 15 is 0 Å². The number of hydrogen-bond acceptors (Lipinski definition) is 2. The molecule has 0 amide bonds. The van der Waals surface area contributed by atoms with Crippen molar-refractivity contribution in [3.8, 4) is 0 Å². The van der Waals surface area contributed by atoms with Crippen LogP contribution in [-0.4, -0.2) is 23.3 Å². The minimum Gasteiger partial charge on any atom is -0.389 e. The van der Waals surface area contributed by atoms with Crippen LogP contribution >= 0.6 is 11.6 Å². The van der Waals surface area contributed by atoms with Gasteiger partial charge >= 0.3 is 0 Å². The van der Waals surface area contributed by atoms with Gasteiger partial charge in [0.15, 0.2) is 0 Å². The van der Waals surface area contributed by atoms with E-state index in [0.717, 1.165) is 0 Å². The van der Waals surface area contributed by atoms with Crippen molar-refractivity contribution in [2.24, 2.45) is 0 Å². The molecule has 2 nitrogen and oxygen atoms in total. The maximum absolute atomic E-state index is 13.6. The van der Waals surface area contributed by atoms with Gasteiger partial charge in [-0.3, -0.25) is 0 Å². The molecule has 0 fully saturated rings. The quantitative estimate of drug-likeness (QED) is 0.852. The van der Waals surface area contributed by atoms with Gasteiger partial charge < -0.3 is 10.4 Å². The van der Waals surface area contributed by atoms with Crippen LogP contribution in [0.1, 0.15) is 26.3 Å². The third kappa shape index (κ3) is 5.02. The van der Waals surface area contributed by atoms with E-state index in [1.165, 1.54) is 6.07 Å². The number of hydrogen-bond donors (Lipinski definition) is 2. The second kappa shape index (κ2) is 5.80. The molecule has 0 aromatic heterocycles. The Morgan fingerprint density at radius 1 is 1.47 bits per heavy atom. The zero-order chi connectivity index (χ0) is 13.1. The summed E-state index contributed by atoms with van der Waals surface area (Å²) in [7, 11) is 0. The predicted octanol–water partition coefficient (Wildman–Crippen LogP) is 2.77. The van der Waals surface area contributed by atoms with Crippen LogP contribution in [-0.2, 0) is 6.42 Å². The third-order valence-corrected chi connectivity index (χ3v) is 2.71. The fourth-order valence-electron chi connectivity index (χ4n) is 1.56. The SMILES string of the molecule is CC(C)NCC(C)(O)Cc1ccc(Cl)cc1F. The molecule has 1 unspecified atom stereocenters. The summed E-state index contributed by atoms with van der Waals surface area (Å²) in [4.78, 5) is 0. The molecule has 0 aliphatic heterocycles. The van der Waals surface area contributed by atoms with Crippen LogP contribution in [0.15, 0.2) is 18.2 Å². The summed E-state index contributed by atoms with van der Waals surface area (Å²) in [5.41, 5.74) is -0.496. The van der Waals surface area contributed by atoms with Gasteiger partial charge in [0.25, 0.3) is 0 Å². The highest BCUT2D eigenvalue weighted by Crippen LogP contribution is 2.19. The van der Waals surface area contributed by atoms with E-state index in [1.54, 1.807) is 19.1 Å². The summed E-state index contributed by atoms with van der Waals surface area (Å²) in [6.07, 6.45) is 0.260. The van der Waals surface area contributed by atoms with Crippen molar-refractivity contribution in [3.05, 3.63) is 34.6 Å². The summed E-state index contributed by atoms with van der Waals surface area (Å²) in [6, 6.07) is 4.80. The van der Waals surface area contributed by atoms with E-state index in [4.69, 9.17) is 11.6 Å². The molecular formula is C13H19ClFNO. The summed E-state index contributed by atoms with van der Waals surface area (Å²) < 4.78 is 13.6. The second-order valence-electron chi connectivity index (χ2n) is 4.95. The molecule has 0 bridgehead atoms. The first kappa shape index (κ1) is 14.4. The lowest BCUT2D eigenvalue weighted by molar-refractivity contribution is 0.0573. The average Bonchev–Trinajstić information content (AvgIpc) is 2.20. The largest absolute Gasteiger partial charge is 0.389 e. The fraction of sp³-hybridized carbons (Fsp3) is 0.538. The molecule has 17 heavy (non-hydrogen) atoms. The molecule has 96 valence electrons. The van der Waals surface area contributed by atoms with E-state index < -0.39 is 5.60 Å². The van der Waals surface area contributed by atoms with Gasteiger partial charge in [-0.05, 0) is 24.6 Å². The molecule has 1 aromatic carbocycles. The molecule has 0 aliphatic carbocycles. The highest BCUT2D eigenvalue weighted by atomic mass is 35.5. The van der Waals surface area contributed by atoms with Gasteiger partial charge in [0.1, 0.15) is 5.82 Å². The van der Waals surface area contributed by atoms with Gasteiger partial charge in [0.05, 0.1) is 5.60 Å². The van der Waals surface area contributed by atoms with Crippen molar-refractivity contribution in [3.63, 3.8) is 0 Å². The lowest BCUT2D eigenvalue weighted by Crippen LogP contribution is -2.42. The number of halogens is 2. The minimum atomic E-state index is -0.973. The van der Waals surface area contributed by atoms with Gasteiger partial charge in [-0.1, -0.05) is 31.5 Å². The molecule has 0 spiro atoms. The predicted molar refractivity (Wildman–Crippen MR) is 68.9 cm³/mol. The number of nitrogens with one attached hydrogen (secondary N) is 1. The van der Waals surface area contributed by atoms with E-state index in [0.29, 0.717) is 17.1 Å². The standard InChI is InChI=1S/C13H19ClFNO/c1-9(2)16-8-13(3,17)7-10-4-5-11(14)6-12(10)15/h4-6,9,16-17H,7-8H2,1-3H3. The van der Waals surface area contributed by atoms with Gasteiger partial charge in [-0.2, -0.15) is 0 Å². The van der Waals surface area contributed by atoms with Crippen LogP contribution in [0.5, 0.6) is 0 Å². The Bertz CT molecular complexity index is 380. The normalized spacial score (nSPS) is 15.0. The van der Waals surface area contributed by atoms with Crippen LogP contribution in [0, 0.1) is 5.82 Å². The molecule has 4 heteroatoms. The summed E-state index contributed by atoms with van der Waals surface area (Å²) in [5, 5.41) is 13.7. The van der Waals surface area contributed by atoms with Crippen molar-refractivity contribution in [2.75, 3.05) is 6.54 Å². The van der Waals surface area contributed by atoms with Crippen molar-refractivity contribution in [1.82, 2.24) is 5.32 Å². The average molecular weight is 260 g/mol. The molecule has 0 aliphatic rings. The molecule has 1 rings (SSSR count). The third-order valence-electron chi connectivity index (χ3n) is 2.48. The number of benzene rings is 1. The van der Waals surface area contributed by atoms with Gasteiger partial charge in [0, 0.05) is 24.0 Å². The molecule has 1 atom stereocenters. The monoisotopic (exact) mass is 259 g/mol. The first-order valence-corrected chi connectivity index (χ1v) is 6.08. The Balaban J connectivity index is 2.68. The zero-order valence-electron chi connectivity index (χ0n) is 10.4. The van der Waals surface area contributed by atoms with Crippen molar-refractivity contribution in [2.45, 2.75) is 38.8 Å². The van der Waals surface area contributed by atoms with Crippen molar-refractivity contribution < 1.29 is 9.50 Å². The van der Waals surface area contributed by atoms with Crippen LogP contribution in [0.4, 0.5) is 4.39 Å². The van der Waals surface area contributed by atoms with Gasteiger partial charge in [-0.25, -0.2) is 4.39 Å². The second-order valence-corrected chi connectivity index (χ2v) is 5.38. The van der Waals surface area contributed by atoms with E-state index in [9.17, 15) is 9.50 Å². The Labute approximate surface area is 107 Å². The molecule has 0 radical (unpaired) electrons. The minimum absolute atomic E-state index is 0.260. The van der Waals surface area contributed by atoms with E-state index in [1.807, 2.05) is 13.8 Å². The first-order valence-electron chi connectivity index (χ1n) is 5.70. The molecule has 1 aromatic rings. The number of rotatable bonds is 5. The van der Waals surface area contributed by atoms with Crippen LogP contribution < -0.4 is 5.32 Å². The molecule has 2 N–H and O–H groups in total. The Morgan fingerprint density at radius 2 is 2.12 bits per heavy atom. The molecule has 0 saturated heterocycles. The maximum Gasteiger partial charge on any atom is 0.127 e. The highest BCUT2D eigenvalue weighted by molar-refractivity contribution is 6.30. The van der Waals surface area contributed by atoms with Crippen molar-refractivity contribution in [1.29, 1.82) is 0 Å². The number of aliphatic hydroxyl groups is 1. The fourth-order valence-corrected chi connectivity index (χ4v) is 1.72.